The maximum atomic E-state index is 13.1. The fourth-order valence-corrected chi connectivity index (χ4v) is 6.60. The molecule has 150 valence electrons. The fraction of sp³-hybridized carbons (Fsp3) is 0.444. The second kappa shape index (κ2) is 7.98. The van der Waals surface area contributed by atoms with Crippen LogP contribution in [0.3, 0.4) is 0 Å². The average Bonchev–Trinajstić information content (AvgIpc) is 3.41. The normalized spacial score (nSPS) is 21.2. The fourth-order valence-electron chi connectivity index (χ4n) is 3.72. The molecule has 2 aliphatic heterocycles. The Morgan fingerprint density at radius 3 is 2.57 bits per heavy atom. The number of carbonyl (C=O) groups excluding carboxylic acids is 1. The van der Waals surface area contributed by atoms with Gasteiger partial charge in [0.25, 0.3) is 10.0 Å². The zero-order valence-corrected chi connectivity index (χ0v) is 17.6. The molecule has 4 rings (SSSR count). The Morgan fingerprint density at radius 1 is 1.14 bits per heavy atom. The molecule has 2 fully saturated rings. The smallest absolute Gasteiger partial charge is 0.253 e. The van der Waals surface area contributed by atoms with Gasteiger partial charge in [-0.15, -0.1) is 11.3 Å². The predicted octanol–water partition coefficient (Wildman–Crippen LogP) is 2.30. The Labute approximate surface area is 173 Å². The molecule has 2 aromatic heterocycles. The van der Waals surface area contributed by atoms with E-state index in [-0.39, 0.29) is 5.91 Å². The predicted molar refractivity (Wildman–Crippen MR) is 109 cm³/mol. The van der Waals surface area contributed by atoms with E-state index in [1.54, 1.807) is 34.7 Å². The van der Waals surface area contributed by atoms with Crippen LogP contribution in [-0.2, 0) is 14.8 Å². The van der Waals surface area contributed by atoms with Crippen molar-refractivity contribution in [2.45, 2.75) is 23.1 Å². The van der Waals surface area contributed by atoms with Crippen molar-refractivity contribution in [1.29, 1.82) is 0 Å². The lowest BCUT2D eigenvalue weighted by atomic mass is 10.2. The van der Waals surface area contributed by atoms with Crippen LogP contribution in [0.2, 0.25) is 5.02 Å². The quantitative estimate of drug-likeness (QED) is 0.729. The summed E-state index contributed by atoms with van der Waals surface area (Å²) in [6.07, 6.45) is 2.89. The van der Waals surface area contributed by atoms with Crippen LogP contribution >= 0.6 is 22.9 Å². The Bertz CT molecular complexity index is 926. The highest BCUT2D eigenvalue weighted by atomic mass is 35.5. The third-order valence-corrected chi connectivity index (χ3v) is 8.68. The van der Waals surface area contributed by atoms with E-state index >= 15 is 0 Å². The van der Waals surface area contributed by atoms with Crippen LogP contribution in [0.5, 0.6) is 0 Å². The molecule has 0 spiro atoms. The van der Waals surface area contributed by atoms with Crippen molar-refractivity contribution >= 4 is 44.7 Å². The SMILES string of the molecule is O=C(C1CCCN1S(=O)(=O)c1cccs1)N1CCN(c2ccc(Cl)cn2)CC1. The van der Waals surface area contributed by atoms with E-state index in [9.17, 15) is 13.2 Å². The van der Waals surface area contributed by atoms with E-state index in [0.717, 1.165) is 5.82 Å². The van der Waals surface area contributed by atoms with Crippen molar-refractivity contribution in [2.75, 3.05) is 37.6 Å². The summed E-state index contributed by atoms with van der Waals surface area (Å²) in [6.45, 7) is 2.81. The lowest BCUT2D eigenvalue weighted by molar-refractivity contribution is -0.134. The molecular weight excluding hydrogens is 420 g/mol. The first kappa shape index (κ1) is 19.6. The van der Waals surface area contributed by atoms with Gasteiger partial charge in [0, 0.05) is 38.9 Å². The molecule has 0 aromatic carbocycles. The molecule has 10 heteroatoms. The number of aromatic nitrogens is 1. The number of pyridine rings is 1. The summed E-state index contributed by atoms with van der Waals surface area (Å²) in [5.41, 5.74) is 0. The zero-order chi connectivity index (χ0) is 19.7. The Morgan fingerprint density at radius 2 is 1.93 bits per heavy atom. The molecule has 2 saturated heterocycles. The number of sulfonamides is 1. The van der Waals surface area contributed by atoms with Gasteiger partial charge in [-0.3, -0.25) is 4.79 Å². The van der Waals surface area contributed by atoms with Crippen molar-refractivity contribution in [1.82, 2.24) is 14.2 Å². The summed E-state index contributed by atoms with van der Waals surface area (Å²) in [7, 11) is -3.61. The number of piperazine rings is 1. The van der Waals surface area contributed by atoms with Gasteiger partial charge >= 0.3 is 0 Å². The molecule has 7 nitrogen and oxygen atoms in total. The van der Waals surface area contributed by atoms with Crippen molar-refractivity contribution < 1.29 is 13.2 Å². The van der Waals surface area contributed by atoms with Crippen LogP contribution in [0.1, 0.15) is 12.8 Å². The van der Waals surface area contributed by atoms with E-state index in [4.69, 9.17) is 11.6 Å². The summed E-state index contributed by atoms with van der Waals surface area (Å²) in [5.74, 6) is 0.737. The van der Waals surface area contributed by atoms with E-state index in [0.29, 0.717) is 54.8 Å². The van der Waals surface area contributed by atoms with E-state index in [1.807, 2.05) is 6.07 Å². The minimum Gasteiger partial charge on any atom is -0.353 e. The summed E-state index contributed by atoms with van der Waals surface area (Å²) in [5, 5.41) is 2.33. The molecule has 0 aliphatic carbocycles. The topological polar surface area (TPSA) is 73.8 Å². The third kappa shape index (κ3) is 3.76. The number of anilines is 1. The highest BCUT2D eigenvalue weighted by Gasteiger charge is 2.42. The van der Waals surface area contributed by atoms with Crippen molar-refractivity contribution in [2.24, 2.45) is 0 Å². The number of carbonyl (C=O) groups is 1. The lowest BCUT2D eigenvalue weighted by Crippen LogP contribution is -2.54. The molecule has 1 amide bonds. The number of hydrogen-bond donors (Lipinski definition) is 0. The van der Waals surface area contributed by atoms with Gasteiger partial charge in [0.2, 0.25) is 5.91 Å². The average molecular weight is 441 g/mol. The van der Waals surface area contributed by atoms with Gasteiger partial charge in [0.1, 0.15) is 16.1 Å². The number of nitrogens with zero attached hydrogens (tertiary/aromatic N) is 4. The second-order valence-corrected chi connectivity index (χ2v) is 10.4. The van der Waals surface area contributed by atoms with Gasteiger partial charge in [-0.05, 0) is 36.4 Å². The number of thiophene rings is 1. The van der Waals surface area contributed by atoms with Crippen LogP contribution in [0.4, 0.5) is 5.82 Å². The van der Waals surface area contributed by atoms with E-state index < -0.39 is 16.1 Å². The van der Waals surface area contributed by atoms with Crippen molar-refractivity contribution in [3.63, 3.8) is 0 Å². The molecule has 1 unspecified atom stereocenters. The molecule has 2 aromatic rings. The van der Waals surface area contributed by atoms with Gasteiger partial charge in [0.15, 0.2) is 0 Å². The Kier molecular flexibility index (Phi) is 5.59. The van der Waals surface area contributed by atoms with Gasteiger partial charge in [-0.25, -0.2) is 13.4 Å². The van der Waals surface area contributed by atoms with Crippen LogP contribution in [0.15, 0.2) is 40.1 Å². The zero-order valence-electron chi connectivity index (χ0n) is 15.2. The number of hydrogen-bond acceptors (Lipinski definition) is 6. The maximum absolute atomic E-state index is 13.1. The van der Waals surface area contributed by atoms with Gasteiger partial charge in [-0.1, -0.05) is 17.7 Å². The van der Waals surface area contributed by atoms with Gasteiger partial charge in [-0.2, -0.15) is 4.31 Å². The molecule has 4 heterocycles. The van der Waals surface area contributed by atoms with Gasteiger partial charge in [0.05, 0.1) is 5.02 Å². The van der Waals surface area contributed by atoms with Crippen molar-refractivity contribution in [3.05, 3.63) is 40.9 Å². The van der Waals surface area contributed by atoms with Crippen LogP contribution < -0.4 is 4.90 Å². The minimum absolute atomic E-state index is 0.0960. The minimum atomic E-state index is -3.61. The highest BCUT2D eigenvalue weighted by molar-refractivity contribution is 7.91. The Hall–Kier alpha value is -1.68. The first-order chi connectivity index (χ1) is 13.5. The van der Waals surface area contributed by atoms with Crippen LogP contribution in [-0.4, -0.2) is 67.3 Å². The summed E-state index contributed by atoms with van der Waals surface area (Å²) >= 11 is 7.08. The molecule has 28 heavy (non-hydrogen) atoms. The molecular formula is C18H21ClN4O3S2. The molecule has 0 saturated carbocycles. The monoisotopic (exact) mass is 440 g/mol. The standard InChI is InChI=1S/C18H21ClN4O3S2/c19-14-5-6-16(20-13-14)21-8-10-22(11-9-21)18(24)15-3-1-7-23(15)28(25,26)17-4-2-12-27-17/h2,4-6,12-13,15H,1,3,7-11H2. The summed E-state index contributed by atoms with van der Waals surface area (Å²) < 4.78 is 27.5. The van der Waals surface area contributed by atoms with Crippen LogP contribution in [0.25, 0.3) is 0 Å². The number of halogens is 1. The first-order valence-corrected chi connectivity index (χ1v) is 11.9. The molecule has 0 bridgehead atoms. The molecule has 0 N–H and O–H groups in total. The lowest BCUT2D eigenvalue weighted by Gasteiger charge is -2.37. The van der Waals surface area contributed by atoms with E-state index in [2.05, 4.69) is 9.88 Å². The van der Waals surface area contributed by atoms with Crippen molar-refractivity contribution in [3.8, 4) is 0 Å². The molecule has 2 aliphatic rings. The molecule has 0 radical (unpaired) electrons. The van der Waals surface area contributed by atoms with Crippen LogP contribution in [0, 0.1) is 0 Å². The Balaban J connectivity index is 1.43. The largest absolute Gasteiger partial charge is 0.353 e. The van der Waals surface area contributed by atoms with Gasteiger partial charge < -0.3 is 9.80 Å². The summed E-state index contributed by atoms with van der Waals surface area (Å²) in [6, 6.07) is 6.37. The first-order valence-electron chi connectivity index (χ1n) is 9.17. The number of rotatable bonds is 4. The molecule has 1 atom stereocenters. The second-order valence-electron chi connectivity index (χ2n) is 6.85. The maximum Gasteiger partial charge on any atom is 0.253 e. The third-order valence-electron chi connectivity index (χ3n) is 5.17. The summed E-state index contributed by atoms with van der Waals surface area (Å²) in [4.78, 5) is 21.3. The van der Waals surface area contributed by atoms with E-state index in [1.165, 1.54) is 15.6 Å². The highest BCUT2D eigenvalue weighted by Crippen LogP contribution is 2.30. The number of amides is 1.